The number of hydrogen-bond donors (Lipinski definition) is 2. The first-order valence-corrected chi connectivity index (χ1v) is 5.25. The molecular formula is C9H17N3OS. The molecule has 4 nitrogen and oxygen atoms in total. The zero-order valence-corrected chi connectivity index (χ0v) is 9.49. The molecule has 14 heavy (non-hydrogen) atoms. The molecule has 0 aromatic heterocycles. The van der Waals surface area contributed by atoms with E-state index in [2.05, 4.69) is 10.6 Å². The van der Waals surface area contributed by atoms with Crippen LogP contribution in [0.3, 0.4) is 0 Å². The maximum atomic E-state index is 11.2. The summed E-state index contributed by atoms with van der Waals surface area (Å²) in [6.07, 6.45) is 2.90. The van der Waals surface area contributed by atoms with Crippen LogP contribution < -0.4 is 10.6 Å². The molecule has 1 fully saturated rings. The van der Waals surface area contributed by atoms with Crippen LogP contribution in [0.25, 0.3) is 0 Å². The van der Waals surface area contributed by atoms with Gasteiger partial charge in [0, 0.05) is 33.1 Å². The Morgan fingerprint density at radius 1 is 1.50 bits per heavy atom. The molecule has 0 radical (unpaired) electrons. The SMILES string of the molecule is CN(C)C(=O)CCNC(=S)NC1CC1. The first kappa shape index (κ1) is 11.2. The van der Waals surface area contributed by atoms with Crippen LogP contribution >= 0.6 is 12.2 Å². The highest BCUT2D eigenvalue weighted by atomic mass is 32.1. The average Bonchev–Trinajstić information content (AvgIpc) is 2.87. The van der Waals surface area contributed by atoms with E-state index in [0.717, 1.165) is 0 Å². The average molecular weight is 215 g/mol. The summed E-state index contributed by atoms with van der Waals surface area (Å²) in [5.74, 6) is 0.117. The number of carbonyl (C=O) groups excluding carboxylic acids is 1. The van der Waals surface area contributed by atoms with Gasteiger partial charge in [0.2, 0.25) is 5.91 Å². The fourth-order valence-corrected chi connectivity index (χ4v) is 1.24. The monoisotopic (exact) mass is 215 g/mol. The Balaban J connectivity index is 2.02. The first-order chi connectivity index (χ1) is 6.59. The highest BCUT2D eigenvalue weighted by Gasteiger charge is 2.21. The predicted octanol–water partition coefficient (Wildman–Crippen LogP) is 0.0912. The van der Waals surface area contributed by atoms with Crippen molar-refractivity contribution in [1.82, 2.24) is 15.5 Å². The number of nitrogens with zero attached hydrogens (tertiary/aromatic N) is 1. The summed E-state index contributed by atoms with van der Waals surface area (Å²) in [5, 5.41) is 6.83. The van der Waals surface area contributed by atoms with Gasteiger partial charge in [0.05, 0.1) is 0 Å². The smallest absolute Gasteiger partial charge is 0.223 e. The molecule has 1 rings (SSSR count). The maximum Gasteiger partial charge on any atom is 0.223 e. The second-order valence-electron chi connectivity index (χ2n) is 3.71. The van der Waals surface area contributed by atoms with Crippen molar-refractivity contribution in [3.05, 3.63) is 0 Å². The summed E-state index contributed by atoms with van der Waals surface area (Å²) in [6.45, 7) is 0.607. The normalized spacial score (nSPS) is 14.7. The number of rotatable bonds is 4. The second kappa shape index (κ2) is 5.14. The van der Waals surface area contributed by atoms with Gasteiger partial charge in [0.1, 0.15) is 0 Å². The fourth-order valence-electron chi connectivity index (χ4n) is 0.971. The maximum absolute atomic E-state index is 11.2. The molecule has 0 saturated heterocycles. The van der Waals surface area contributed by atoms with Crippen LogP contribution in [0.1, 0.15) is 19.3 Å². The molecule has 0 bridgehead atoms. The third kappa shape index (κ3) is 4.41. The molecule has 1 aliphatic carbocycles. The van der Waals surface area contributed by atoms with E-state index in [1.807, 2.05) is 0 Å². The quantitative estimate of drug-likeness (QED) is 0.653. The topological polar surface area (TPSA) is 44.4 Å². The predicted molar refractivity (Wildman–Crippen MR) is 60.1 cm³/mol. The molecule has 80 valence electrons. The van der Waals surface area contributed by atoms with Crippen LogP contribution in [0.4, 0.5) is 0 Å². The van der Waals surface area contributed by atoms with E-state index in [1.165, 1.54) is 12.8 Å². The Morgan fingerprint density at radius 2 is 2.14 bits per heavy atom. The van der Waals surface area contributed by atoms with Crippen LogP contribution in [0.5, 0.6) is 0 Å². The molecule has 0 spiro atoms. The van der Waals surface area contributed by atoms with Crippen molar-refractivity contribution in [2.45, 2.75) is 25.3 Å². The Kier molecular flexibility index (Phi) is 4.13. The molecule has 1 saturated carbocycles. The lowest BCUT2D eigenvalue weighted by Crippen LogP contribution is -2.38. The fraction of sp³-hybridized carbons (Fsp3) is 0.778. The zero-order valence-electron chi connectivity index (χ0n) is 8.67. The molecule has 0 atom stereocenters. The van der Waals surface area contributed by atoms with Crippen LogP contribution in [0, 0.1) is 0 Å². The van der Waals surface area contributed by atoms with Crippen LogP contribution in [0.15, 0.2) is 0 Å². The summed E-state index contributed by atoms with van der Waals surface area (Å²) in [4.78, 5) is 12.8. The van der Waals surface area contributed by atoms with Crippen LogP contribution in [-0.4, -0.2) is 42.6 Å². The minimum atomic E-state index is 0.117. The van der Waals surface area contributed by atoms with Gasteiger partial charge in [-0.05, 0) is 25.1 Å². The van der Waals surface area contributed by atoms with E-state index in [1.54, 1.807) is 19.0 Å². The summed E-state index contributed by atoms with van der Waals surface area (Å²) in [6, 6.07) is 0.569. The summed E-state index contributed by atoms with van der Waals surface area (Å²) in [5.41, 5.74) is 0. The summed E-state index contributed by atoms with van der Waals surface area (Å²) in [7, 11) is 3.51. The number of hydrogen-bond acceptors (Lipinski definition) is 2. The van der Waals surface area contributed by atoms with E-state index in [9.17, 15) is 4.79 Å². The lowest BCUT2D eigenvalue weighted by molar-refractivity contribution is -0.128. The van der Waals surface area contributed by atoms with E-state index in [4.69, 9.17) is 12.2 Å². The molecule has 0 aliphatic heterocycles. The van der Waals surface area contributed by atoms with Gasteiger partial charge in [-0.3, -0.25) is 4.79 Å². The Morgan fingerprint density at radius 3 is 2.64 bits per heavy atom. The highest BCUT2D eigenvalue weighted by Crippen LogP contribution is 2.18. The van der Waals surface area contributed by atoms with Crippen molar-refractivity contribution in [3.63, 3.8) is 0 Å². The van der Waals surface area contributed by atoms with Gasteiger partial charge in [-0.15, -0.1) is 0 Å². The van der Waals surface area contributed by atoms with E-state index in [-0.39, 0.29) is 5.91 Å². The largest absolute Gasteiger partial charge is 0.362 e. The van der Waals surface area contributed by atoms with Gasteiger partial charge in [0.25, 0.3) is 0 Å². The van der Waals surface area contributed by atoms with Gasteiger partial charge >= 0.3 is 0 Å². The molecule has 5 heteroatoms. The Labute approximate surface area is 90.0 Å². The van der Waals surface area contributed by atoms with Crippen LogP contribution in [-0.2, 0) is 4.79 Å². The van der Waals surface area contributed by atoms with Crippen molar-refractivity contribution >= 4 is 23.2 Å². The minimum absolute atomic E-state index is 0.117. The van der Waals surface area contributed by atoms with E-state index < -0.39 is 0 Å². The van der Waals surface area contributed by atoms with Crippen molar-refractivity contribution in [2.75, 3.05) is 20.6 Å². The minimum Gasteiger partial charge on any atom is -0.362 e. The number of carbonyl (C=O) groups is 1. The zero-order chi connectivity index (χ0) is 10.6. The van der Waals surface area contributed by atoms with Crippen molar-refractivity contribution in [1.29, 1.82) is 0 Å². The molecule has 0 aromatic carbocycles. The molecule has 0 aromatic rings. The molecule has 0 heterocycles. The van der Waals surface area contributed by atoms with Gasteiger partial charge in [-0.1, -0.05) is 0 Å². The lowest BCUT2D eigenvalue weighted by Gasteiger charge is -2.12. The molecule has 1 aliphatic rings. The third-order valence-corrected chi connectivity index (χ3v) is 2.30. The third-order valence-electron chi connectivity index (χ3n) is 2.04. The molecule has 2 N–H and O–H groups in total. The van der Waals surface area contributed by atoms with E-state index in [0.29, 0.717) is 24.1 Å². The van der Waals surface area contributed by atoms with Crippen LogP contribution in [0.2, 0.25) is 0 Å². The van der Waals surface area contributed by atoms with E-state index >= 15 is 0 Å². The Bertz CT molecular complexity index is 226. The number of nitrogens with one attached hydrogen (secondary N) is 2. The van der Waals surface area contributed by atoms with Crippen molar-refractivity contribution < 1.29 is 4.79 Å². The van der Waals surface area contributed by atoms with Gasteiger partial charge in [0.15, 0.2) is 5.11 Å². The van der Waals surface area contributed by atoms with Gasteiger partial charge < -0.3 is 15.5 Å². The number of amides is 1. The molecular weight excluding hydrogens is 198 g/mol. The van der Waals surface area contributed by atoms with Crippen molar-refractivity contribution in [3.8, 4) is 0 Å². The molecule has 0 unspecified atom stereocenters. The standard InChI is InChI=1S/C9H17N3OS/c1-12(2)8(13)5-6-10-9(14)11-7-3-4-7/h7H,3-6H2,1-2H3,(H2,10,11,14). The highest BCUT2D eigenvalue weighted by molar-refractivity contribution is 7.80. The van der Waals surface area contributed by atoms with Gasteiger partial charge in [-0.25, -0.2) is 0 Å². The number of thiocarbonyl (C=S) groups is 1. The van der Waals surface area contributed by atoms with Gasteiger partial charge in [-0.2, -0.15) is 0 Å². The summed E-state index contributed by atoms with van der Waals surface area (Å²) >= 11 is 5.04. The molecule has 1 amide bonds. The first-order valence-electron chi connectivity index (χ1n) is 4.84. The summed E-state index contributed by atoms with van der Waals surface area (Å²) < 4.78 is 0. The second-order valence-corrected chi connectivity index (χ2v) is 4.12. The lowest BCUT2D eigenvalue weighted by atomic mass is 10.4. The Hall–Kier alpha value is -0.840. The van der Waals surface area contributed by atoms with Crippen molar-refractivity contribution in [2.24, 2.45) is 0 Å².